The summed E-state index contributed by atoms with van der Waals surface area (Å²) >= 11 is 4.40. The summed E-state index contributed by atoms with van der Waals surface area (Å²) in [6, 6.07) is 23.7. The molecule has 0 radical (unpaired) electrons. The normalized spacial score (nSPS) is 14.3. The summed E-state index contributed by atoms with van der Waals surface area (Å²) in [4.78, 5) is 57.8. The first-order valence-electron chi connectivity index (χ1n) is 15.0. The maximum atomic E-state index is 14.0. The van der Waals surface area contributed by atoms with E-state index in [1.54, 1.807) is 56.4 Å². The lowest BCUT2D eigenvalue weighted by molar-refractivity contribution is -0.145. The number of carbonyl (C=O) groups is 4. The second kappa shape index (κ2) is 17.8. The molecule has 0 fully saturated rings. The summed E-state index contributed by atoms with van der Waals surface area (Å²) in [6.07, 6.45) is 8.03. The minimum absolute atomic E-state index is 0.0685. The van der Waals surface area contributed by atoms with Crippen molar-refractivity contribution in [3.05, 3.63) is 142 Å². The zero-order valence-corrected chi connectivity index (χ0v) is 28.8. The van der Waals surface area contributed by atoms with Gasteiger partial charge in [-0.25, -0.2) is 4.79 Å². The van der Waals surface area contributed by atoms with E-state index in [1.807, 2.05) is 60.7 Å². The van der Waals surface area contributed by atoms with Crippen LogP contribution in [0.25, 0.3) is 6.08 Å². The fourth-order valence-corrected chi connectivity index (χ4v) is 5.94. The smallest absolute Gasteiger partial charge is 0.344 e. The quantitative estimate of drug-likeness (QED) is 0.0893. The Hall–Kier alpha value is -5.00. The first kappa shape index (κ1) is 35.8. The molecule has 1 heterocycles. The molecule has 0 atom stereocenters. The molecule has 1 N–H and O–H groups in total. The molecule has 4 rings (SSSR count). The van der Waals surface area contributed by atoms with E-state index in [-0.39, 0.29) is 35.6 Å². The Morgan fingerprint density at radius 3 is 2.29 bits per heavy atom. The van der Waals surface area contributed by atoms with Crippen LogP contribution in [-0.4, -0.2) is 52.7 Å². The second-order valence-corrected chi connectivity index (χ2v) is 11.9. The average molecular weight is 729 g/mol. The van der Waals surface area contributed by atoms with Crippen molar-refractivity contribution < 1.29 is 28.7 Å². The van der Waals surface area contributed by atoms with Gasteiger partial charge in [-0.3, -0.25) is 19.3 Å². The van der Waals surface area contributed by atoms with E-state index >= 15 is 0 Å². The summed E-state index contributed by atoms with van der Waals surface area (Å²) in [7, 11) is 0. The van der Waals surface area contributed by atoms with Gasteiger partial charge < -0.3 is 14.8 Å². The summed E-state index contributed by atoms with van der Waals surface area (Å²) in [5.74, 6) is -1.88. The summed E-state index contributed by atoms with van der Waals surface area (Å²) in [6.45, 7) is 7.14. The number of rotatable bonds is 13. The number of hydrogen-bond acceptors (Lipinski definition) is 7. The van der Waals surface area contributed by atoms with Gasteiger partial charge in [-0.2, -0.15) is 4.99 Å². The van der Waals surface area contributed by atoms with Crippen LogP contribution < -0.4 is 10.1 Å². The number of thioether (sulfide) groups is 1. The molecule has 246 valence electrons. The molecule has 0 saturated heterocycles. The topological polar surface area (TPSA) is 114 Å². The Morgan fingerprint density at radius 1 is 1.04 bits per heavy atom. The maximum absolute atomic E-state index is 14.0. The van der Waals surface area contributed by atoms with E-state index in [1.165, 1.54) is 11.0 Å². The maximum Gasteiger partial charge on any atom is 0.344 e. The standard InChI is InChI=1S/C37H34BrN3O6S/c1-4-7-18-28(5-2)41-36(45)29(21-25-19-20-31(30(38)22-25)47-23-33(43)46-6-3)35(44)40-37(41)48-24-32(42)39-34(26-14-10-8-11-15-26)27-16-12-9-13-17-27/h4-5,7-22,34H,1,6,23-24H2,2-3H3,(H,39,42)/b18-7-,28-5+,29-21+. The molecule has 0 saturated carbocycles. The summed E-state index contributed by atoms with van der Waals surface area (Å²) in [5, 5.41) is 3.15. The number of amides is 3. The van der Waals surface area contributed by atoms with Gasteiger partial charge >= 0.3 is 5.97 Å². The number of aliphatic imine (C=N–C) groups is 1. The van der Waals surface area contributed by atoms with E-state index < -0.39 is 23.8 Å². The van der Waals surface area contributed by atoms with Gasteiger partial charge in [0, 0.05) is 5.70 Å². The number of hydrogen-bond donors (Lipinski definition) is 1. The predicted octanol–water partition coefficient (Wildman–Crippen LogP) is 6.78. The van der Waals surface area contributed by atoms with Crippen molar-refractivity contribution >= 4 is 62.6 Å². The fraction of sp³-hybridized carbons (Fsp3) is 0.162. The Bertz CT molecular complexity index is 1750. The highest BCUT2D eigenvalue weighted by Gasteiger charge is 2.35. The molecular formula is C37H34BrN3O6S. The van der Waals surface area contributed by atoms with Crippen LogP contribution in [0.5, 0.6) is 5.75 Å². The van der Waals surface area contributed by atoms with Crippen LogP contribution in [0.2, 0.25) is 0 Å². The number of ether oxygens (including phenoxy) is 2. The second-order valence-electron chi connectivity index (χ2n) is 10.1. The van der Waals surface area contributed by atoms with Crippen molar-refractivity contribution in [1.29, 1.82) is 0 Å². The van der Waals surface area contributed by atoms with Crippen molar-refractivity contribution in [3.8, 4) is 5.75 Å². The molecule has 3 aromatic rings. The highest BCUT2D eigenvalue weighted by atomic mass is 79.9. The first-order chi connectivity index (χ1) is 23.2. The Balaban J connectivity index is 1.58. The lowest BCUT2D eigenvalue weighted by Gasteiger charge is -2.28. The van der Waals surface area contributed by atoms with Crippen LogP contribution in [0.15, 0.2) is 130 Å². The van der Waals surface area contributed by atoms with Gasteiger partial charge in [-0.05, 0) is 70.8 Å². The molecule has 0 aliphatic carbocycles. The van der Waals surface area contributed by atoms with E-state index in [4.69, 9.17) is 9.47 Å². The molecule has 0 aromatic heterocycles. The Morgan fingerprint density at radius 2 is 1.71 bits per heavy atom. The zero-order chi connectivity index (χ0) is 34.5. The van der Waals surface area contributed by atoms with Gasteiger partial charge in [-0.15, -0.1) is 0 Å². The number of esters is 1. The third-order valence-electron chi connectivity index (χ3n) is 6.83. The number of benzene rings is 3. The molecule has 1 aliphatic heterocycles. The third kappa shape index (κ3) is 9.52. The number of halogens is 1. The third-order valence-corrected chi connectivity index (χ3v) is 8.39. The van der Waals surface area contributed by atoms with E-state index in [0.717, 1.165) is 22.9 Å². The van der Waals surface area contributed by atoms with E-state index in [9.17, 15) is 19.2 Å². The van der Waals surface area contributed by atoms with Crippen LogP contribution >= 0.6 is 27.7 Å². The van der Waals surface area contributed by atoms with Crippen LogP contribution in [0, 0.1) is 0 Å². The molecular weight excluding hydrogens is 694 g/mol. The summed E-state index contributed by atoms with van der Waals surface area (Å²) < 4.78 is 10.9. The lowest BCUT2D eigenvalue weighted by Crippen LogP contribution is -2.42. The van der Waals surface area contributed by atoms with E-state index in [0.29, 0.717) is 21.5 Å². The van der Waals surface area contributed by atoms with Crippen molar-refractivity contribution in [2.75, 3.05) is 19.0 Å². The molecule has 3 aromatic carbocycles. The highest BCUT2D eigenvalue weighted by Crippen LogP contribution is 2.30. The van der Waals surface area contributed by atoms with Crippen LogP contribution in [-0.2, 0) is 23.9 Å². The Labute approximate surface area is 292 Å². The SMILES string of the molecule is C=C/C=C\C(=C/C)N1C(=O)/C(=C/c2ccc(OCC(=O)OCC)c(Br)c2)C(=O)N=C1SCC(=O)NC(c1ccccc1)c1ccccc1. The van der Waals surface area contributed by atoms with Gasteiger partial charge in [0.05, 0.1) is 22.9 Å². The van der Waals surface area contributed by atoms with Gasteiger partial charge in [0.2, 0.25) is 5.91 Å². The molecule has 11 heteroatoms. The van der Waals surface area contributed by atoms with Crippen LogP contribution in [0.4, 0.5) is 0 Å². The van der Waals surface area contributed by atoms with Crippen LogP contribution in [0.1, 0.15) is 36.6 Å². The molecule has 48 heavy (non-hydrogen) atoms. The monoisotopic (exact) mass is 727 g/mol. The number of amidine groups is 1. The van der Waals surface area contributed by atoms with E-state index in [2.05, 4.69) is 32.8 Å². The van der Waals surface area contributed by atoms with Gasteiger partial charge in [0.25, 0.3) is 11.8 Å². The van der Waals surface area contributed by atoms with Crippen molar-refractivity contribution in [3.63, 3.8) is 0 Å². The van der Waals surface area contributed by atoms with Crippen molar-refractivity contribution in [2.24, 2.45) is 4.99 Å². The molecule has 1 aliphatic rings. The fourth-order valence-electron chi connectivity index (χ4n) is 4.62. The van der Waals surface area contributed by atoms with Crippen molar-refractivity contribution in [1.82, 2.24) is 10.2 Å². The highest BCUT2D eigenvalue weighted by molar-refractivity contribution is 9.10. The Kier molecular flexibility index (Phi) is 13.3. The molecule has 3 amide bonds. The predicted molar refractivity (Wildman–Crippen MR) is 192 cm³/mol. The number of allylic oxidation sites excluding steroid dienone is 4. The minimum atomic E-state index is -0.743. The molecule has 0 spiro atoms. The van der Waals surface area contributed by atoms with Crippen molar-refractivity contribution in [2.45, 2.75) is 19.9 Å². The van der Waals surface area contributed by atoms with Gasteiger partial charge in [-0.1, -0.05) is 103 Å². The van der Waals surface area contributed by atoms with Gasteiger partial charge in [0.1, 0.15) is 11.3 Å². The minimum Gasteiger partial charge on any atom is -0.481 e. The largest absolute Gasteiger partial charge is 0.481 e. The zero-order valence-electron chi connectivity index (χ0n) is 26.4. The first-order valence-corrected chi connectivity index (χ1v) is 16.8. The summed E-state index contributed by atoms with van der Waals surface area (Å²) in [5.41, 5.74) is 2.62. The van der Waals surface area contributed by atoms with Crippen LogP contribution in [0.3, 0.4) is 0 Å². The molecule has 0 unspecified atom stereocenters. The molecule has 9 nitrogen and oxygen atoms in total. The lowest BCUT2D eigenvalue weighted by atomic mass is 9.99. The number of nitrogens with one attached hydrogen (secondary N) is 1. The number of carbonyl (C=O) groups excluding carboxylic acids is 4. The molecule has 0 bridgehead atoms. The number of nitrogens with zero attached hydrogens (tertiary/aromatic N) is 2. The van der Waals surface area contributed by atoms with Gasteiger partial charge in [0.15, 0.2) is 11.8 Å². The average Bonchev–Trinajstić information content (AvgIpc) is 3.09.